The van der Waals surface area contributed by atoms with Gasteiger partial charge in [0, 0.05) is 18.0 Å². The smallest absolute Gasteiger partial charge is 0.422 e. The lowest BCUT2D eigenvalue weighted by Gasteiger charge is -2.21. The van der Waals surface area contributed by atoms with Gasteiger partial charge in [-0.25, -0.2) is 23.1 Å². The maximum absolute atomic E-state index is 12.9. The number of nitrogens with zero attached hydrogens (tertiary/aromatic N) is 2. The number of hydrogen-bond acceptors (Lipinski definition) is 8. The van der Waals surface area contributed by atoms with Crippen molar-refractivity contribution < 1.29 is 35.9 Å². The molecule has 0 saturated carbocycles. The Morgan fingerprint density at radius 2 is 2.00 bits per heavy atom. The fraction of sp³-hybridized carbons (Fsp3) is 0.316. The van der Waals surface area contributed by atoms with E-state index in [0.29, 0.717) is 25.2 Å². The van der Waals surface area contributed by atoms with Crippen LogP contribution >= 0.6 is 0 Å². The number of nitrogens with one attached hydrogen (secondary N) is 2. The average Bonchev–Trinajstić information content (AvgIpc) is 2.72. The van der Waals surface area contributed by atoms with Crippen LogP contribution in [-0.2, 0) is 14.8 Å². The van der Waals surface area contributed by atoms with Crippen LogP contribution in [0.2, 0.25) is 0 Å². The number of ether oxygens (including phenoxy) is 2. The molecule has 1 aromatic heterocycles. The number of aromatic nitrogens is 2. The van der Waals surface area contributed by atoms with Gasteiger partial charge in [0.25, 0.3) is 5.91 Å². The van der Waals surface area contributed by atoms with Crippen LogP contribution in [0.15, 0.2) is 36.7 Å². The highest BCUT2D eigenvalue weighted by molar-refractivity contribution is 7.89. The minimum absolute atomic E-state index is 0.0908. The number of anilines is 2. The second kappa shape index (κ2) is 9.53. The second-order valence-electron chi connectivity index (χ2n) is 6.72. The van der Waals surface area contributed by atoms with Gasteiger partial charge in [-0.2, -0.15) is 13.2 Å². The lowest BCUT2D eigenvalue weighted by molar-refractivity contribution is -0.153. The summed E-state index contributed by atoms with van der Waals surface area (Å²) in [6.45, 7) is -0.821. The molecule has 0 atom stereocenters. The van der Waals surface area contributed by atoms with Crippen LogP contribution < -0.4 is 14.8 Å². The number of halogens is 3. The first-order chi connectivity index (χ1) is 15.0. The molecule has 1 aliphatic rings. The van der Waals surface area contributed by atoms with E-state index < -0.39 is 28.7 Å². The molecular formula is C19H19F3N4O5S. The Labute approximate surface area is 181 Å². The molecule has 13 heteroatoms. The van der Waals surface area contributed by atoms with Crippen LogP contribution in [0.1, 0.15) is 22.5 Å². The maximum Gasteiger partial charge on any atom is 0.422 e. The minimum Gasteiger partial charge on any atom is -0.481 e. The van der Waals surface area contributed by atoms with Gasteiger partial charge in [-0.1, -0.05) is 18.2 Å². The number of amides is 1. The lowest BCUT2D eigenvalue weighted by atomic mass is 9.99. The quantitative estimate of drug-likeness (QED) is 0.631. The molecule has 0 bridgehead atoms. The topological polar surface area (TPSA) is 120 Å². The zero-order chi connectivity index (χ0) is 23.4. The number of para-hydroxylation sites is 1. The number of alkyl halides is 3. The summed E-state index contributed by atoms with van der Waals surface area (Å²) in [7, 11) is -3.88. The van der Waals surface area contributed by atoms with E-state index in [1.54, 1.807) is 22.9 Å². The van der Waals surface area contributed by atoms with Crippen molar-refractivity contribution in [3.63, 3.8) is 0 Å². The zero-order valence-electron chi connectivity index (χ0n) is 16.8. The summed E-state index contributed by atoms with van der Waals surface area (Å²) < 4.78 is 73.6. The van der Waals surface area contributed by atoms with Crippen LogP contribution in [0.25, 0.3) is 5.57 Å². The largest absolute Gasteiger partial charge is 0.481 e. The van der Waals surface area contributed by atoms with Gasteiger partial charge in [-0.05, 0) is 18.1 Å². The van der Waals surface area contributed by atoms with Gasteiger partial charge < -0.3 is 14.8 Å². The molecule has 32 heavy (non-hydrogen) atoms. The summed E-state index contributed by atoms with van der Waals surface area (Å²) in [4.78, 5) is 20.1. The molecule has 1 aliphatic heterocycles. The fourth-order valence-corrected chi connectivity index (χ4v) is 3.34. The fourth-order valence-electron chi connectivity index (χ4n) is 2.91. The number of benzene rings is 1. The van der Waals surface area contributed by atoms with E-state index in [-0.39, 0.29) is 22.9 Å². The number of carbonyl (C=O) groups is 1. The molecule has 0 saturated heterocycles. The molecule has 0 fully saturated rings. The molecule has 2 heterocycles. The third-order valence-corrected chi connectivity index (χ3v) is 4.71. The van der Waals surface area contributed by atoms with E-state index >= 15 is 0 Å². The van der Waals surface area contributed by atoms with Gasteiger partial charge in [0.1, 0.15) is 0 Å². The van der Waals surface area contributed by atoms with Crippen LogP contribution in [0, 0.1) is 0 Å². The maximum atomic E-state index is 12.9. The van der Waals surface area contributed by atoms with E-state index in [0.717, 1.165) is 11.8 Å². The van der Waals surface area contributed by atoms with Gasteiger partial charge in [-0.3, -0.25) is 4.79 Å². The molecule has 3 rings (SSSR count). The first-order valence-corrected chi connectivity index (χ1v) is 11.1. The van der Waals surface area contributed by atoms with Crippen molar-refractivity contribution in [3.8, 4) is 5.75 Å². The molecule has 0 aliphatic carbocycles. The predicted octanol–water partition coefficient (Wildman–Crippen LogP) is 2.65. The van der Waals surface area contributed by atoms with E-state index in [2.05, 4.69) is 15.3 Å². The summed E-state index contributed by atoms with van der Waals surface area (Å²) in [5.41, 5.74) is 0.892. The van der Waals surface area contributed by atoms with Crippen molar-refractivity contribution in [3.05, 3.63) is 47.9 Å². The SMILES string of the molecule is CS(=O)(=O)NC(=O)c1nccnc1Nc1cccc(C2=CCOCC2)c1OCC(F)(F)F. The number of hydrogen-bond donors (Lipinski definition) is 2. The molecule has 2 aromatic rings. The van der Waals surface area contributed by atoms with Crippen molar-refractivity contribution in [2.75, 3.05) is 31.4 Å². The van der Waals surface area contributed by atoms with Gasteiger partial charge in [0.05, 0.1) is 25.2 Å². The highest BCUT2D eigenvalue weighted by Gasteiger charge is 2.30. The lowest BCUT2D eigenvalue weighted by Crippen LogP contribution is -2.30. The highest BCUT2D eigenvalue weighted by atomic mass is 32.2. The molecule has 0 radical (unpaired) electrons. The molecule has 2 N–H and O–H groups in total. The van der Waals surface area contributed by atoms with Crippen molar-refractivity contribution in [1.82, 2.24) is 14.7 Å². The Hall–Kier alpha value is -3.19. The molecule has 0 spiro atoms. The van der Waals surface area contributed by atoms with Gasteiger partial charge in [0.15, 0.2) is 23.9 Å². The van der Waals surface area contributed by atoms with E-state index in [4.69, 9.17) is 9.47 Å². The first-order valence-electron chi connectivity index (χ1n) is 9.23. The molecule has 1 aromatic carbocycles. The second-order valence-corrected chi connectivity index (χ2v) is 8.47. The van der Waals surface area contributed by atoms with Crippen LogP contribution in [0.4, 0.5) is 24.7 Å². The molecular weight excluding hydrogens is 453 g/mol. The minimum atomic E-state index is -4.58. The Balaban J connectivity index is 2.01. The third-order valence-electron chi connectivity index (χ3n) is 4.15. The van der Waals surface area contributed by atoms with E-state index in [9.17, 15) is 26.4 Å². The standard InChI is InChI=1S/C19H19F3N4O5S/c1-32(28,29)26-18(27)15-17(24-8-7-23-15)25-14-4-2-3-13(12-5-9-30-10-6-12)16(14)31-11-19(20,21)22/h2-5,7-8H,6,9-11H2,1H3,(H,24,25)(H,26,27). The van der Waals surface area contributed by atoms with Gasteiger partial charge in [-0.15, -0.1) is 0 Å². The Bertz CT molecular complexity index is 1140. The Kier molecular flexibility index (Phi) is 6.99. The van der Waals surface area contributed by atoms with Crippen molar-refractivity contribution >= 4 is 33.0 Å². The highest BCUT2D eigenvalue weighted by Crippen LogP contribution is 2.38. The predicted molar refractivity (Wildman–Crippen MR) is 109 cm³/mol. The molecule has 1 amide bonds. The summed E-state index contributed by atoms with van der Waals surface area (Å²) in [6.07, 6.45) is 0.840. The summed E-state index contributed by atoms with van der Waals surface area (Å²) in [5.74, 6) is -1.31. The monoisotopic (exact) mass is 472 g/mol. The van der Waals surface area contributed by atoms with Gasteiger partial charge >= 0.3 is 6.18 Å². The van der Waals surface area contributed by atoms with Crippen LogP contribution in [-0.4, -0.2) is 56.5 Å². The van der Waals surface area contributed by atoms with Crippen LogP contribution in [0.3, 0.4) is 0 Å². The van der Waals surface area contributed by atoms with Crippen molar-refractivity contribution in [2.24, 2.45) is 0 Å². The summed E-state index contributed by atoms with van der Waals surface area (Å²) >= 11 is 0. The Morgan fingerprint density at radius 3 is 2.66 bits per heavy atom. The molecule has 172 valence electrons. The molecule has 0 unspecified atom stereocenters. The first kappa shape index (κ1) is 23.5. The number of sulfonamides is 1. The average molecular weight is 472 g/mol. The number of rotatable bonds is 7. The van der Waals surface area contributed by atoms with E-state index in [1.165, 1.54) is 18.5 Å². The van der Waals surface area contributed by atoms with Crippen molar-refractivity contribution in [1.29, 1.82) is 0 Å². The normalized spacial score (nSPS) is 14.4. The van der Waals surface area contributed by atoms with Crippen LogP contribution in [0.5, 0.6) is 5.75 Å². The van der Waals surface area contributed by atoms with E-state index in [1.807, 2.05) is 0 Å². The van der Waals surface area contributed by atoms with Gasteiger partial charge in [0.2, 0.25) is 10.0 Å². The summed E-state index contributed by atoms with van der Waals surface area (Å²) in [5, 5.41) is 2.74. The Morgan fingerprint density at radius 1 is 1.25 bits per heavy atom. The van der Waals surface area contributed by atoms with Crippen molar-refractivity contribution in [2.45, 2.75) is 12.6 Å². The number of carbonyl (C=O) groups excluding carboxylic acids is 1. The summed E-state index contributed by atoms with van der Waals surface area (Å²) in [6, 6.07) is 4.66. The zero-order valence-corrected chi connectivity index (χ0v) is 17.6. The molecule has 9 nitrogen and oxygen atoms in total. The third kappa shape index (κ3) is 6.40.